The molecule has 4 heteroatoms. The second kappa shape index (κ2) is 4.22. The zero-order valence-electron chi connectivity index (χ0n) is 8.89. The van der Waals surface area contributed by atoms with Crippen molar-refractivity contribution in [1.82, 2.24) is 4.57 Å². The fourth-order valence-electron chi connectivity index (χ4n) is 1.75. The molecule has 0 spiro atoms. The smallest absolute Gasteiger partial charge is 0.141 e. The number of halogens is 3. The summed E-state index contributed by atoms with van der Waals surface area (Å²) in [6.45, 7) is 3.99. The van der Waals surface area contributed by atoms with E-state index in [0.717, 1.165) is 21.5 Å². The lowest BCUT2D eigenvalue weighted by molar-refractivity contribution is 0.627. The van der Waals surface area contributed by atoms with Crippen LogP contribution in [0.2, 0.25) is 5.02 Å². The Morgan fingerprint density at radius 2 is 1.94 bits per heavy atom. The maximum absolute atomic E-state index is 13.1. The average Bonchev–Trinajstić information content (AvgIpc) is 2.47. The Morgan fingerprint density at radius 3 is 2.44 bits per heavy atom. The van der Waals surface area contributed by atoms with Crippen LogP contribution in [0, 0.1) is 19.7 Å². The summed E-state index contributed by atoms with van der Waals surface area (Å²) in [4.78, 5) is 0. The van der Waals surface area contributed by atoms with E-state index >= 15 is 0 Å². The maximum atomic E-state index is 13.1. The fraction of sp³-hybridized carbons (Fsp3) is 0.167. The van der Waals surface area contributed by atoms with E-state index in [4.69, 9.17) is 11.6 Å². The van der Waals surface area contributed by atoms with Gasteiger partial charge in [-0.05, 0) is 54.0 Å². The third kappa shape index (κ3) is 1.89. The van der Waals surface area contributed by atoms with Crippen molar-refractivity contribution in [2.45, 2.75) is 13.8 Å². The van der Waals surface area contributed by atoms with Gasteiger partial charge in [-0.25, -0.2) is 4.39 Å². The Hall–Kier alpha value is -0.800. The minimum atomic E-state index is -0.396. The molecule has 0 saturated carbocycles. The number of hydrogen-bond acceptors (Lipinski definition) is 0. The van der Waals surface area contributed by atoms with Crippen molar-refractivity contribution in [3.8, 4) is 5.69 Å². The highest BCUT2D eigenvalue weighted by atomic mass is 79.9. The van der Waals surface area contributed by atoms with Gasteiger partial charge in [0.05, 0.1) is 5.02 Å². The first kappa shape index (κ1) is 11.7. The SMILES string of the molecule is Cc1cc(Br)c(C)n1-c1ccc(F)c(Cl)c1. The van der Waals surface area contributed by atoms with Crippen molar-refractivity contribution in [2.75, 3.05) is 0 Å². The number of rotatable bonds is 1. The van der Waals surface area contributed by atoms with Gasteiger partial charge in [0.15, 0.2) is 0 Å². The van der Waals surface area contributed by atoms with Crippen LogP contribution >= 0.6 is 27.5 Å². The Kier molecular flexibility index (Phi) is 3.08. The van der Waals surface area contributed by atoms with Crippen LogP contribution in [-0.2, 0) is 0 Å². The highest BCUT2D eigenvalue weighted by molar-refractivity contribution is 9.10. The molecule has 0 N–H and O–H groups in total. The summed E-state index contributed by atoms with van der Waals surface area (Å²) in [5.41, 5.74) is 3.01. The molecule has 0 bridgehead atoms. The van der Waals surface area contributed by atoms with E-state index in [2.05, 4.69) is 15.9 Å². The summed E-state index contributed by atoms with van der Waals surface area (Å²) >= 11 is 9.24. The van der Waals surface area contributed by atoms with Crippen molar-refractivity contribution in [2.24, 2.45) is 0 Å². The molecule has 2 aromatic rings. The van der Waals surface area contributed by atoms with Gasteiger partial charge in [-0.3, -0.25) is 0 Å². The minimum absolute atomic E-state index is 0.140. The number of nitrogens with zero attached hydrogens (tertiary/aromatic N) is 1. The van der Waals surface area contributed by atoms with Crippen LogP contribution in [0.4, 0.5) is 4.39 Å². The van der Waals surface area contributed by atoms with Gasteiger partial charge < -0.3 is 4.57 Å². The summed E-state index contributed by atoms with van der Waals surface area (Å²) < 4.78 is 16.1. The Labute approximate surface area is 107 Å². The molecule has 2 rings (SSSR count). The molecule has 0 aliphatic heterocycles. The molecule has 0 atom stereocenters. The Balaban J connectivity index is 2.63. The predicted octanol–water partition coefficient (Wildman–Crippen LogP) is 4.65. The highest BCUT2D eigenvalue weighted by Crippen LogP contribution is 2.26. The molecule has 0 aliphatic carbocycles. The topological polar surface area (TPSA) is 4.93 Å². The van der Waals surface area contributed by atoms with E-state index in [1.165, 1.54) is 6.07 Å². The van der Waals surface area contributed by atoms with Crippen LogP contribution < -0.4 is 0 Å². The van der Waals surface area contributed by atoms with Crippen molar-refractivity contribution in [1.29, 1.82) is 0 Å². The lowest BCUT2D eigenvalue weighted by Gasteiger charge is -2.10. The normalized spacial score (nSPS) is 10.8. The predicted molar refractivity (Wildman–Crippen MR) is 67.9 cm³/mol. The van der Waals surface area contributed by atoms with Crippen molar-refractivity contribution in [3.63, 3.8) is 0 Å². The second-order valence-corrected chi connectivity index (χ2v) is 4.91. The van der Waals surface area contributed by atoms with Gasteiger partial charge in [0.25, 0.3) is 0 Å². The van der Waals surface area contributed by atoms with Gasteiger partial charge in [0.2, 0.25) is 0 Å². The van der Waals surface area contributed by atoms with Gasteiger partial charge in [-0.1, -0.05) is 11.6 Å². The molecule has 1 nitrogen and oxygen atoms in total. The summed E-state index contributed by atoms with van der Waals surface area (Å²) in [5, 5.41) is 0.140. The van der Waals surface area contributed by atoms with Gasteiger partial charge in [0, 0.05) is 21.5 Å². The zero-order valence-corrected chi connectivity index (χ0v) is 11.2. The van der Waals surface area contributed by atoms with E-state index in [0.29, 0.717) is 0 Å². The molecule has 1 aromatic heterocycles. The number of aryl methyl sites for hydroxylation is 1. The summed E-state index contributed by atoms with van der Waals surface area (Å²) in [6.07, 6.45) is 0. The minimum Gasteiger partial charge on any atom is -0.317 e. The van der Waals surface area contributed by atoms with Gasteiger partial charge in [0.1, 0.15) is 5.82 Å². The van der Waals surface area contributed by atoms with E-state index in [9.17, 15) is 4.39 Å². The standard InChI is InChI=1S/C12H10BrClFN/c1-7-5-10(13)8(2)16(7)9-3-4-12(15)11(14)6-9/h3-6H,1-2H3. The fourth-order valence-corrected chi connectivity index (χ4v) is 2.43. The first-order chi connectivity index (χ1) is 7.50. The molecule has 0 amide bonds. The molecule has 1 aromatic carbocycles. The van der Waals surface area contributed by atoms with Crippen LogP contribution in [0.15, 0.2) is 28.7 Å². The zero-order chi connectivity index (χ0) is 11.9. The Morgan fingerprint density at radius 1 is 1.25 bits per heavy atom. The van der Waals surface area contributed by atoms with E-state index in [-0.39, 0.29) is 5.02 Å². The molecule has 84 valence electrons. The van der Waals surface area contributed by atoms with Crippen LogP contribution in [0.25, 0.3) is 5.69 Å². The highest BCUT2D eigenvalue weighted by Gasteiger charge is 2.10. The largest absolute Gasteiger partial charge is 0.317 e. The van der Waals surface area contributed by atoms with Crippen LogP contribution in [0.3, 0.4) is 0 Å². The number of benzene rings is 1. The van der Waals surface area contributed by atoms with Crippen molar-refractivity contribution < 1.29 is 4.39 Å². The third-order valence-corrected chi connectivity index (χ3v) is 3.62. The number of hydrogen-bond donors (Lipinski definition) is 0. The van der Waals surface area contributed by atoms with Gasteiger partial charge >= 0.3 is 0 Å². The summed E-state index contributed by atoms with van der Waals surface area (Å²) in [6, 6.07) is 6.74. The van der Waals surface area contributed by atoms with E-state index in [1.54, 1.807) is 12.1 Å². The van der Waals surface area contributed by atoms with Gasteiger partial charge in [-0.15, -0.1) is 0 Å². The van der Waals surface area contributed by atoms with E-state index in [1.807, 2.05) is 24.5 Å². The first-order valence-electron chi connectivity index (χ1n) is 4.80. The molecule has 16 heavy (non-hydrogen) atoms. The second-order valence-electron chi connectivity index (χ2n) is 3.65. The Bertz CT molecular complexity index is 548. The van der Waals surface area contributed by atoms with Crippen molar-refractivity contribution >= 4 is 27.5 Å². The van der Waals surface area contributed by atoms with Crippen LogP contribution in [0.1, 0.15) is 11.4 Å². The summed E-state index contributed by atoms with van der Waals surface area (Å²) in [7, 11) is 0. The first-order valence-corrected chi connectivity index (χ1v) is 5.97. The monoisotopic (exact) mass is 301 g/mol. The maximum Gasteiger partial charge on any atom is 0.141 e. The molecule has 0 radical (unpaired) electrons. The molecular formula is C12H10BrClFN. The molecule has 0 aliphatic rings. The average molecular weight is 303 g/mol. The van der Waals surface area contributed by atoms with Crippen molar-refractivity contribution in [3.05, 3.63) is 51.0 Å². The lowest BCUT2D eigenvalue weighted by atomic mass is 10.3. The van der Waals surface area contributed by atoms with Crippen LogP contribution in [-0.4, -0.2) is 4.57 Å². The third-order valence-electron chi connectivity index (χ3n) is 2.53. The molecule has 0 unspecified atom stereocenters. The number of aromatic nitrogens is 1. The molecular weight excluding hydrogens is 292 g/mol. The van der Waals surface area contributed by atoms with Crippen LogP contribution in [0.5, 0.6) is 0 Å². The van der Waals surface area contributed by atoms with Gasteiger partial charge in [-0.2, -0.15) is 0 Å². The molecule has 1 heterocycles. The summed E-state index contributed by atoms with van der Waals surface area (Å²) in [5.74, 6) is -0.396. The van der Waals surface area contributed by atoms with E-state index < -0.39 is 5.82 Å². The lowest BCUT2D eigenvalue weighted by Crippen LogP contribution is -1.99. The molecule has 0 fully saturated rings. The quantitative estimate of drug-likeness (QED) is 0.722. The molecule has 0 saturated heterocycles.